The van der Waals surface area contributed by atoms with Gasteiger partial charge in [0.15, 0.2) is 6.29 Å². The summed E-state index contributed by atoms with van der Waals surface area (Å²) < 4.78 is 15.2. The van der Waals surface area contributed by atoms with Crippen LogP contribution in [0, 0.1) is 6.92 Å². The molecule has 1 heterocycles. The average molecular weight is 251 g/mol. The molecule has 1 saturated heterocycles. The SMILES string of the molecule is [CH2]COCCO[C@@H]1O[C@H](CO)[C@@H](O)[C@H](O)[C@H]1O. The van der Waals surface area contributed by atoms with Gasteiger partial charge in [-0.15, -0.1) is 0 Å². The highest BCUT2D eigenvalue weighted by atomic mass is 16.7. The van der Waals surface area contributed by atoms with E-state index in [4.69, 9.17) is 19.3 Å². The number of hydrogen-bond acceptors (Lipinski definition) is 7. The predicted octanol–water partition coefficient (Wildman–Crippen LogP) is -2.35. The van der Waals surface area contributed by atoms with E-state index in [1.165, 1.54) is 0 Å². The van der Waals surface area contributed by atoms with E-state index in [0.717, 1.165) is 0 Å². The van der Waals surface area contributed by atoms with Crippen LogP contribution in [0.2, 0.25) is 0 Å². The number of hydrogen-bond donors (Lipinski definition) is 4. The summed E-state index contributed by atoms with van der Waals surface area (Å²) in [5.41, 5.74) is 0. The molecule has 5 atom stereocenters. The van der Waals surface area contributed by atoms with Crippen molar-refractivity contribution in [3.05, 3.63) is 6.92 Å². The number of ether oxygens (including phenoxy) is 3. The van der Waals surface area contributed by atoms with Gasteiger partial charge in [-0.2, -0.15) is 0 Å². The monoisotopic (exact) mass is 251 g/mol. The summed E-state index contributed by atoms with van der Waals surface area (Å²) >= 11 is 0. The van der Waals surface area contributed by atoms with Gasteiger partial charge < -0.3 is 34.6 Å². The molecule has 1 aliphatic heterocycles. The Kier molecular flexibility index (Phi) is 6.28. The zero-order valence-corrected chi connectivity index (χ0v) is 9.44. The second-order valence-corrected chi connectivity index (χ2v) is 3.68. The van der Waals surface area contributed by atoms with Crippen LogP contribution < -0.4 is 0 Å². The van der Waals surface area contributed by atoms with Gasteiger partial charge in [0.2, 0.25) is 0 Å². The molecule has 101 valence electrons. The van der Waals surface area contributed by atoms with Crippen molar-refractivity contribution in [1.29, 1.82) is 0 Å². The van der Waals surface area contributed by atoms with E-state index in [-0.39, 0.29) is 13.2 Å². The molecule has 0 aromatic carbocycles. The van der Waals surface area contributed by atoms with Gasteiger partial charge in [0.25, 0.3) is 0 Å². The van der Waals surface area contributed by atoms with Crippen LogP contribution in [0.5, 0.6) is 0 Å². The fourth-order valence-electron chi connectivity index (χ4n) is 1.53. The highest BCUT2D eigenvalue weighted by Crippen LogP contribution is 2.21. The molecule has 1 fully saturated rings. The van der Waals surface area contributed by atoms with Crippen LogP contribution >= 0.6 is 0 Å². The molecule has 0 aromatic heterocycles. The summed E-state index contributed by atoms with van der Waals surface area (Å²) in [6, 6.07) is 0. The molecule has 1 radical (unpaired) electrons. The van der Waals surface area contributed by atoms with Gasteiger partial charge in [0, 0.05) is 6.61 Å². The molecule has 7 heteroatoms. The standard InChI is InChI=1S/C10H19O7/c1-2-15-3-4-16-10-9(14)8(13)7(12)6(5-11)17-10/h6-14H,1-5H2/t6-,7-,8+,9-,10-/m1/s1. The fraction of sp³-hybridized carbons (Fsp3) is 0.900. The number of aliphatic hydroxyl groups is 4. The smallest absolute Gasteiger partial charge is 0.186 e. The Morgan fingerprint density at radius 1 is 1.06 bits per heavy atom. The van der Waals surface area contributed by atoms with Crippen molar-refractivity contribution in [2.24, 2.45) is 0 Å². The Morgan fingerprint density at radius 2 is 1.76 bits per heavy atom. The molecule has 7 nitrogen and oxygen atoms in total. The lowest BCUT2D eigenvalue weighted by molar-refractivity contribution is -0.302. The topological polar surface area (TPSA) is 109 Å². The highest BCUT2D eigenvalue weighted by molar-refractivity contribution is 4.88. The summed E-state index contributed by atoms with van der Waals surface area (Å²) in [7, 11) is 0. The third kappa shape index (κ3) is 3.85. The predicted molar refractivity (Wildman–Crippen MR) is 55.9 cm³/mol. The second-order valence-electron chi connectivity index (χ2n) is 3.68. The maximum Gasteiger partial charge on any atom is 0.186 e. The summed E-state index contributed by atoms with van der Waals surface area (Å²) in [4.78, 5) is 0. The lowest BCUT2D eigenvalue weighted by Gasteiger charge is -2.39. The summed E-state index contributed by atoms with van der Waals surface area (Å²) in [6.45, 7) is 3.73. The van der Waals surface area contributed by atoms with Crippen molar-refractivity contribution in [3.63, 3.8) is 0 Å². The molecule has 1 rings (SSSR count). The third-order valence-corrected chi connectivity index (χ3v) is 2.50. The minimum absolute atomic E-state index is 0.151. The first kappa shape index (κ1) is 14.8. The number of rotatable bonds is 6. The maximum atomic E-state index is 9.58. The van der Waals surface area contributed by atoms with Crippen molar-refractivity contribution in [2.75, 3.05) is 26.4 Å². The average Bonchev–Trinajstić information content (AvgIpc) is 2.34. The zero-order chi connectivity index (χ0) is 12.8. The molecule has 0 unspecified atom stereocenters. The van der Waals surface area contributed by atoms with Crippen LogP contribution in [0.1, 0.15) is 0 Å². The minimum Gasteiger partial charge on any atom is -0.394 e. The van der Waals surface area contributed by atoms with E-state index in [2.05, 4.69) is 6.92 Å². The van der Waals surface area contributed by atoms with Gasteiger partial charge in [-0.25, -0.2) is 0 Å². The molecule has 1 aliphatic rings. The van der Waals surface area contributed by atoms with Crippen LogP contribution in [-0.4, -0.2) is 77.6 Å². The van der Waals surface area contributed by atoms with E-state index < -0.39 is 37.3 Å². The molecular formula is C10H19O7. The van der Waals surface area contributed by atoms with Gasteiger partial charge in [-0.3, -0.25) is 0 Å². The molecule has 0 bridgehead atoms. The molecule has 0 saturated carbocycles. The van der Waals surface area contributed by atoms with Gasteiger partial charge in [0.1, 0.15) is 24.4 Å². The van der Waals surface area contributed by atoms with E-state index in [0.29, 0.717) is 6.61 Å². The quantitative estimate of drug-likeness (QED) is 0.391. The van der Waals surface area contributed by atoms with Gasteiger partial charge in [-0.05, 0) is 6.92 Å². The first-order valence-corrected chi connectivity index (χ1v) is 5.41. The third-order valence-electron chi connectivity index (χ3n) is 2.50. The van der Waals surface area contributed by atoms with Gasteiger partial charge in [-0.1, -0.05) is 0 Å². The van der Waals surface area contributed by atoms with E-state index in [1.807, 2.05) is 0 Å². The van der Waals surface area contributed by atoms with Gasteiger partial charge in [0.05, 0.1) is 19.8 Å². The Morgan fingerprint density at radius 3 is 2.35 bits per heavy atom. The minimum atomic E-state index is -1.42. The lowest BCUT2D eigenvalue weighted by atomic mass is 9.99. The molecule has 0 amide bonds. The van der Waals surface area contributed by atoms with E-state index in [1.54, 1.807) is 0 Å². The van der Waals surface area contributed by atoms with E-state index in [9.17, 15) is 15.3 Å². The Balaban J connectivity index is 2.42. The van der Waals surface area contributed by atoms with Crippen LogP contribution in [0.4, 0.5) is 0 Å². The largest absolute Gasteiger partial charge is 0.394 e. The first-order chi connectivity index (χ1) is 8.11. The van der Waals surface area contributed by atoms with Crippen LogP contribution in [0.3, 0.4) is 0 Å². The summed E-state index contributed by atoms with van der Waals surface area (Å²) in [6.07, 6.45) is -6.20. The van der Waals surface area contributed by atoms with Crippen molar-refractivity contribution >= 4 is 0 Å². The molecule has 4 N–H and O–H groups in total. The van der Waals surface area contributed by atoms with Crippen LogP contribution in [0.15, 0.2) is 0 Å². The molecule has 0 spiro atoms. The van der Waals surface area contributed by atoms with Crippen molar-refractivity contribution in [2.45, 2.75) is 30.7 Å². The van der Waals surface area contributed by atoms with E-state index >= 15 is 0 Å². The first-order valence-electron chi connectivity index (χ1n) is 5.41. The molecule has 17 heavy (non-hydrogen) atoms. The highest BCUT2D eigenvalue weighted by Gasteiger charge is 2.43. The number of aliphatic hydroxyl groups excluding tert-OH is 4. The van der Waals surface area contributed by atoms with Crippen LogP contribution in [-0.2, 0) is 14.2 Å². The maximum absolute atomic E-state index is 9.58. The Hall–Kier alpha value is -0.280. The molecule has 0 aromatic rings. The van der Waals surface area contributed by atoms with Gasteiger partial charge >= 0.3 is 0 Å². The van der Waals surface area contributed by atoms with Crippen molar-refractivity contribution in [3.8, 4) is 0 Å². The lowest BCUT2D eigenvalue weighted by Crippen LogP contribution is -2.59. The fourth-order valence-corrected chi connectivity index (χ4v) is 1.53. The Bertz CT molecular complexity index is 211. The van der Waals surface area contributed by atoms with Crippen LogP contribution in [0.25, 0.3) is 0 Å². The summed E-state index contributed by atoms with van der Waals surface area (Å²) in [5, 5.41) is 37.5. The summed E-state index contributed by atoms with van der Waals surface area (Å²) in [5.74, 6) is 0. The molecule has 0 aliphatic carbocycles. The van der Waals surface area contributed by atoms with Crippen molar-refractivity contribution < 1.29 is 34.6 Å². The molecular weight excluding hydrogens is 232 g/mol. The zero-order valence-electron chi connectivity index (χ0n) is 9.44. The van der Waals surface area contributed by atoms with Crippen molar-refractivity contribution in [1.82, 2.24) is 0 Å². The Labute approximate surface area is 99.5 Å². The second kappa shape index (κ2) is 7.22. The normalized spacial score (nSPS) is 38.3.